The molecule has 4 nitrogen and oxygen atoms in total. The lowest BCUT2D eigenvalue weighted by Crippen LogP contribution is -2.46. The van der Waals surface area contributed by atoms with Crippen LogP contribution in [0.1, 0.15) is 18.2 Å². The summed E-state index contributed by atoms with van der Waals surface area (Å²) in [6.45, 7) is 1.42. The molecule has 2 aromatic rings. The Kier molecular flexibility index (Phi) is 6.38. The van der Waals surface area contributed by atoms with Crippen molar-refractivity contribution in [1.82, 2.24) is 4.98 Å². The lowest BCUT2D eigenvalue weighted by atomic mass is 9.94. The first-order valence-electron chi connectivity index (χ1n) is 6.69. The smallest absolute Gasteiger partial charge is 0.394 e. The summed E-state index contributed by atoms with van der Waals surface area (Å²) in [4.78, 5) is 15.0. The number of hydrogen-bond acceptors (Lipinski definition) is 4. The molecule has 0 spiro atoms. The molecule has 3 N–H and O–H groups in total. The number of alkyl halides is 3. The third kappa shape index (κ3) is 5.47. The molecule has 0 aliphatic heterocycles. The van der Waals surface area contributed by atoms with Gasteiger partial charge in [-0.2, -0.15) is 13.2 Å². The van der Waals surface area contributed by atoms with E-state index in [1.165, 1.54) is 12.3 Å². The Morgan fingerprint density at radius 1 is 1.25 bits per heavy atom. The zero-order chi connectivity index (χ0) is 17.3. The van der Waals surface area contributed by atoms with Crippen molar-refractivity contribution in [2.45, 2.75) is 31.5 Å². The van der Waals surface area contributed by atoms with Crippen LogP contribution in [-0.2, 0) is 17.6 Å². The molecule has 0 aliphatic rings. The summed E-state index contributed by atoms with van der Waals surface area (Å²) in [7, 11) is 0. The summed E-state index contributed by atoms with van der Waals surface area (Å²) in [5.41, 5.74) is 5.71. The first kappa shape index (κ1) is 20.4. The highest BCUT2D eigenvalue weighted by Crippen LogP contribution is 2.28. The number of rotatable bonds is 5. The highest BCUT2D eigenvalue weighted by Gasteiger charge is 2.29. The molecule has 9 heteroatoms. The van der Waals surface area contributed by atoms with Crippen LogP contribution < -0.4 is 5.73 Å². The van der Waals surface area contributed by atoms with Crippen LogP contribution in [0.4, 0.5) is 13.2 Å². The molecule has 2 rings (SSSR count). The number of thiazole rings is 1. The van der Waals surface area contributed by atoms with Gasteiger partial charge in [0, 0.05) is 17.4 Å². The molecular weight excluding hydrogens is 365 g/mol. The number of benzene rings is 1. The van der Waals surface area contributed by atoms with Crippen molar-refractivity contribution in [3.05, 3.63) is 40.9 Å². The molecular formula is C15H16ClF3N2O2S. The molecule has 1 aromatic heterocycles. The van der Waals surface area contributed by atoms with E-state index in [4.69, 9.17) is 10.8 Å². The molecule has 24 heavy (non-hydrogen) atoms. The van der Waals surface area contributed by atoms with Gasteiger partial charge in [-0.05, 0) is 12.5 Å². The van der Waals surface area contributed by atoms with Gasteiger partial charge >= 0.3 is 12.1 Å². The summed E-state index contributed by atoms with van der Waals surface area (Å²) in [6.07, 6.45) is -5.18. The van der Waals surface area contributed by atoms with E-state index in [-0.39, 0.29) is 24.5 Å². The standard InChI is InChI=1S/C15H15F3N2O2S.ClH/c1-14(19,13(21)22)6-9-2-4-10(5-3-9)12-20-11(8-23-12)7-15(16,17)18;/h2-5,8H,6-7,19H2,1H3,(H,21,22);1H/t14-;/m0./s1. The molecule has 1 aromatic carbocycles. The average Bonchev–Trinajstić information content (AvgIpc) is 2.85. The first-order chi connectivity index (χ1) is 10.6. The van der Waals surface area contributed by atoms with Gasteiger partial charge in [0.25, 0.3) is 0 Å². The van der Waals surface area contributed by atoms with Crippen LogP contribution >= 0.6 is 23.7 Å². The minimum absolute atomic E-state index is 0. The van der Waals surface area contributed by atoms with Gasteiger partial charge in [-0.15, -0.1) is 23.7 Å². The number of nitrogens with two attached hydrogens (primary N) is 1. The fourth-order valence-electron chi connectivity index (χ4n) is 1.99. The van der Waals surface area contributed by atoms with Crippen molar-refractivity contribution in [2.24, 2.45) is 5.73 Å². The van der Waals surface area contributed by atoms with E-state index in [0.29, 0.717) is 10.6 Å². The van der Waals surface area contributed by atoms with Crippen molar-refractivity contribution >= 4 is 29.7 Å². The van der Waals surface area contributed by atoms with E-state index in [9.17, 15) is 18.0 Å². The third-order valence-corrected chi connectivity index (χ3v) is 4.13. The Balaban J connectivity index is 0.00000288. The van der Waals surface area contributed by atoms with Crippen LogP contribution in [0, 0.1) is 0 Å². The molecule has 0 bridgehead atoms. The zero-order valence-corrected chi connectivity index (χ0v) is 14.3. The number of carbonyl (C=O) groups is 1. The van der Waals surface area contributed by atoms with Crippen molar-refractivity contribution in [3.8, 4) is 10.6 Å². The van der Waals surface area contributed by atoms with Crippen LogP contribution in [0.25, 0.3) is 10.6 Å². The minimum atomic E-state index is -4.28. The molecule has 0 unspecified atom stereocenters. The number of aromatic nitrogens is 1. The minimum Gasteiger partial charge on any atom is -0.480 e. The first-order valence-corrected chi connectivity index (χ1v) is 7.57. The number of halogens is 4. The fourth-order valence-corrected chi connectivity index (χ4v) is 2.82. The zero-order valence-electron chi connectivity index (χ0n) is 12.6. The molecule has 0 radical (unpaired) electrons. The van der Waals surface area contributed by atoms with Crippen LogP contribution in [0.3, 0.4) is 0 Å². The topological polar surface area (TPSA) is 76.2 Å². The lowest BCUT2D eigenvalue weighted by molar-refractivity contribution is -0.142. The average molecular weight is 381 g/mol. The Hall–Kier alpha value is -1.64. The van der Waals surface area contributed by atoms with Gasteiger partial charge in [-0.1, -0.05) is 24.3 Å². The van der Waals surface area contributed by atoms with E-state index in [1.54, 1.807) is 24.3 Å². The number of carboxylic acid groups (broad SMARTS) is 1. The lowest BCUT2D eigenvalue weighted by Gasteiger charge is -2.19. The molecule has 132 valence electrons. The van der Waals surface area contributed by atoms with Gasteiger partial charge in [0.1, 0.15) is 10.5 Å². The van der Waals surface area contributed by atoms with Crippen LogP contribution in [0.2, 0.25) is 0 Å². The predicted octanol–water partition coefficient (Wildman–Crippen LogP) is 3.68. The summed E-state index contributed by atoms with van der Waals surface area (Å²) >= 11 is 1.14. The summed E-state index contributed by atoms with van der Waals surface area (Å²) in [5, 5.41) is 10.9. The number of carboxylic acids is 1. The second kappa shape index (κ2) is 7.50. The largest absolute Gasteiger partial charge is 0.480 e. The van der Waals surface area contributed by atoms with E-state index < -0.39 is 24.1 Å². The Morgan fingerprint density at radius 3 is 2.33 bits per heavy atom. The second-order valence-electron chi connectivity index (χ2n) is 5.53. The van der Waals surface area contributed by atoms with Gasteiger partial charge < -0.3 is 10.8 Å². The highest BCUT2D eigenvalue weighted by atomic mass is 35.5. The van der Waals surface area contributed by atoms with E-state index in [0.717, 1.165) is 16.9 Å². The Morgan fingerprint density at radius 2 is 1.83 bits per heavy atom. The van der Waals surface area contributed by atoms with Gasteiger partial charge in [-0.25, -0.2) is 4.98 Å². The van der Waals surface area contributed by atoms with Crippen molar-refractivity contribution in [3.63, 3.8) is 0 Å². The van der Waals surface area contributed by atoms with E-state index in [1.807, 2.05) is 0 Å². The summed E-state index contributed by atoms with van der Waals surface area (Å²) in [5.74, 6) is -1.10. The van der Waals surface area contributed by atoms with E-state index >= 15 is 0 Å². The quantitative estimate of drug-likeness (QED) is 0.829. The molecule has 1 atom stereocenters. The van der Waals surface area contributed by atoms with Crippen LogP contribution in [0.5, 0.6) is 0 Å². The molecule has 0 amide bonds. The number of hydrogen-bond donors (Lipinski definition) is 2. The maximum absolute atomic E-state index is 12.3. The second-order valence-corrected chi connectivity index (χ2v) is 6.39. The number of nitrogens with zero attached hydrogens (tertiary/aromatic N) is 1. The maximum atomic E-state index is 12.3. The van der Waals surface area contributed by atoms with Gasteiger partial charge in [-0.3, -0.25) is 4.79 Å². The van der Waals surface area contributed by atoms with Gasteiger partial charge in [0.05, 0.1) is 12.1 Å². The van der Waals surface area contributed by atoms with Crippen molar-refractivity contribution in [2.75, 3.05) is 0 Å². The Labute approximate surface area is 146 Å². The van der Waals surface area contributed by atoms with Crippen molar-refractivity contribution < 1.29 is 23.1 Å². The molecule has 0 saturated carbocycles. The van der Waals surface area contributed by atoms with Crippen molar-refractivity contribution in [1.29, 1.82) is 0 Å². The fraction of sp³-hybridized carbons (Fsp3) is 0.333. The van der Waals surface area contributed by atoms with E-state index in [2.05, 4.69) is 4.98 Å². The van der Waals surface area contributed by atoms with Gasteiger partial charge in [0.15, 0.2) is 0 Å². The predicted molar refractivity (Wildman–Crippen MR) is 88.5 cm³/mol. The van der Waals surface area contributed by atoms with Gasteiger partial charge in [0.2, 0.25) is 0 Å². The molecule has 0 aliphatic carbocycles. The Bertz CT molecular complexity index is 699. The normalized spacial score (nSPS) is 13.9. The number of aliphatic carboxylic acids is 1. The monoisotopic (exact) mass is 380 g/mol. The van der Waals surface area contributed by atoms with Crippen LogP contribution in [0.15, 0.2) is 29.6 Å². The molecule has 0 saturated heterocycles. The molecule has 0 fully saturated rings. The summed E-state index contributed by atoms with van der Waals surface area (Å²) < 4.78 is 37.0. The summed E-state index contributed by atoms with van der Waals surface area (Å²) in [6, 6.07) is 6.80. The third-order valence-electron chi connectivity index (χ3n) is 3.19. The van der Waals surface area contributed by atoms with Crippen LogP contribution in [-0.4, -0.2) is 27.8 Å². The molecule has 1 heterocycles. The SMILES string of the molecule is C[C@](N)(Cc1ccc(-c2nc(CC(F)(F)F)cs2)cc1)C(=O)O.Cl. The maximum Gasteiger partial charge on any atom is 0.394 e. The highest BCUT2D eigenvalue weighted by molar-refractivity contribution is 7.13.